The number of alkyl halides is 3. The highest BCUT2D eigenvalue weighted by molar-refractivity contribution is 5.36. The summed E-state index contributed by atoms with van der Waals surface area (Å²) in [5, 5.41) is 11.0. The van der Waals surface area contributed by atoms with Crippen molar-refractivity contribution in [2.24, 2.45) is 5.73 Å². The van der Waals surface area contributed by atoms with Crippen molar-refractivity contribution in [3.05, 3.63) is 35.7 Å². The number of nitrogens with zero attached hydrogens (tertiary/aromatic N) is 4. The average Bonchev–Trinajstić information content (AvgIpc) is 2.83. The number of benzene rings is 1. The van der Waals surface area contributed by atoms with E-state index < -0.39 is 11.7 Å². The fourth-order valence-electron chi connectivity index (χ4n) is 1.64. The Bertz CT molecular complexity index is 549. The molecule has 2 N–H and O–H groups in total. The van der Waals surface area contributed by atoms with Crippen LogP contribution in [0.4, 0.5) is 13.2 Å². The predicted molar refractivity (Wildman–Crippen MR) is 61.5 cm³/mol. The molecule has 0 saturated carbocycles. The van der Waals surface area contributed by atoms with Crippen LogP contribution in [0, 0.1) is 0 Å². The molecule has 0 saturated heterocycles. The first kappa shape index (κ1) is 13.5. The zero-order valence-electron chi connectivity index (χ0n) is 9.93. The Balaban J connectivity index is 2.34. The molecule has 1 aromatic heterocycles. The van der Waals surface area contributed by atoms with Crippen molar-refractivity contribution in [3.8, 4) is 5.69 Å². The van der Waals surface area contributed by atoms with Crippen molar-refractivity contribution in [2.75, 3.05) is 6.54 Å². The van der Waals surface area contributed by atoms with Gasteiger partial charge < -0.3 is 5.73 Å². The largest absolute Gasteiger partial charge is 0.416 e. The first-order chi connectivity index (χ1) is 9.02. The number of halogens is 3. The van der Waals surface area contributed by atoms with Gasteiger partial charge in [-0.3, -0.25) is 0 Å². The third kappa shape index (κ3) is 3.08. The third-order valence-electron chi connectivity index (χ3n) is 2.56. The average molecular weight is 271 g/mol. The minimum atomic E-state index is -4.39. The Labute approximate surface area is 107 Å². The summed E-state index contributed by atoms with van der Waals surface area (Å²) in [7, 11) is 0. The van der Waals surface area contributed by atoms with E-state index in [9.17, 15) is 13.2 Å². The van der Waals surface area contributed by atoms with Crippen LogP contribution in [-0.2, 0) is 12.6 Å². The van der Waals surface area contributed by atoms with Crippen LogP contribution < -0.4 is 5.73 Å². The van der Waals surface area contributed by atoms with Gasteiger partial charge in [-0.2, -0.15) is 17.9 Å². The van der Waals surface area contributed by atoms with Crippen molar-refractivity contribution in [1.29, 1.82) is 0 Å². The van der Waals surface area contributed by atoms with Crippen LogP contribution in [0.15, 0.2) is 24.3 Å². The minimum absolute atomic E-state index is 0.284. The van der Waals surface area contributed by atoms with Gasteiger partial charge in [-0.25, -0.2) is 0 Å². The molecular formula is C11H12F3N5. The molecule has 0 bridgehead atoms. The van der Waals surface area contributed by atoms with Crippen molar-refractivity contribution < 1.29 is 13.2 Å². The molecule has 19 heavy (non-hydrogen) atoms. The van der Waals surface area contributed by atoms with E-state index in [0.717, 1.165) is 12.1 Å². The summed E-state index contributed by atoms with van der Waals surface area (Å²) in [5.74, 6) is 0.491. The molecule has 1 heterocycles. The van der Waals surface area contributed by atoms with Crippen molar-refractivity contribution in [2.45, 2.75) is 19.0 Å². The lowest BCUT2D eigenvalue weighted by atomic mass is 10.2. The molecule has 0 fully saturated rings. The highest BCUT2D eigenvalue weighted by atomic mass is 19.4. The van der Waals surface area contributed by atoms with E-state index in [4.69, 9.17) is 5.73 Å². The van der Waals surface area contributed by atoms with E-state index in [0.29, 0.717) is 25.2 Å². The quantitative estimate of drug-likeness (QED) is 0.916. The highest BCUT2D eigenvalue weighted by Crippen LogP contribution is 2.30. The second-order valence-electron chi connectivity index (χ2n) is 3.95. The molecule has 0 atom stereocenters. The van der Waals surface area contributed by atoms with E-state index in [2.05, 4.69) is 15.5 Å². The zero-order chi connectivity index (χ0) is 13.9. The normalized spacial score (nSPS) is 11.8. The number of hydrogen-bond donors (Lipinski definition) is 1. The van der Waals surface area contributed by atoms with Crippen LogP contribution in [0.5, 0.6) is 0 Å². The molecule has 0 unspecified atom stereocenters. The first-order valence-corrected chi connectivity index (χ1v) is 5.67. The number of rotatable bonds is 4. The molecule has 0 aliphatic heterocycles. The Morgan fingerprint density at radius 1 is 1.26 bits per heavy atom. The Kier molecular flexibility index (Phi) is 3.79. The molecule has 0 amide bonds. The maximum absolute atomic E-state index is 12.6. The lowest BCUT2D eigenvalue weighted by Gasteiger charge is -2.09. The van der Waals surface area contributed by atoms with Gasteiger partial charge in [0.2, 0.25) is 0 Å². The summed E-state index contributed by atoms with van der Waals surface area (Å²) in [6.07, 6.45) is -3.21. The maximum Gasteiger partial charge on any atom is 0.416 e. The minimum Gasteiger partial charge on any atom is -0.330 e. The van der Waals surface area contributed by atoms with Gasteiger partial charge in [0, 0.05) is 6.42 Å². The number of hydrogen-bond acceptors (Lipinski definition) is 4. The van der Waals surface area contributed by atoms with Gasteiger partial charge in [-0.05, 0) is 41.6 Å². The molecule has 1 aromatic carbocycles. The van der Waals surface area contributed by atoms with Crippen LogP contribution >= 0.6 is 0 Å². The third-order valence-corrected chi connectivity index (χ3v) is 2.56. The molecule has 8 heteroatoms. The number of aryl methyl sites for hydroxylation is 1. The fraction of sp³-hybridized carbons (Fsp3) is 0.364. The molecule has 5 nitrogen and oxygen atoms in total. The van der Waals surface area contributed by atoms with E-state index in [1.165, 1.54) is 16.8 Å². The van der Waals surface area contributed by atoms with Gasteiger partial charge in [0.25, 0.3) is 0 Å². The fourth-order valence-corrected chi connectivity index (χ4v) is 1.64. The Morgan fingerprint density at radius 2 is 2.05 bits per heavy atom. The van der Waals surface area contributed by atoms with Gasteiger partial charge in [0.1, 0.15) is 0 Å². The van der Waals surface area contributed by atoms with Crippen LogP contribution in [0.2, 0.25) is 0 Å². The summed E-state index contributed by atoms with van der Waals surface area (Å²) in [6.45, 7) is 0.468. The standard InChI is InChI=1S/C11H12F3N5/c12-11(13,14)8-3-1-4-9(7-8)19-10(5-2-6-15)16-17-18-19/h1,3-4,7H,2,5-6,15H2. The van der Waals surface area contributed by atoms with Gasteiger partial charge in [0.15, 0.2) is 5.82 Å². The summed E-state index contributed by atoms with van der Waals surface area (Å²) in [5.41, 5.74) is 4.94. The van der Waals surface area contributed by atoms with Gasteiger partial charge in [-0.1, -0.05) is 6.07 Å². The molecule has 0 aliphatic rings. The van der Waals surface area contributed by atoms with Crippen LogP contribution in [0.1, 0.15) is 17.8 Å². The summed E-state index contributed by atoms with van der Waals surface area (Å²) in [4.78, 5) is 0. The molecule has 0 aliphatic carbocycles. The monoisotopic (exact) mass is 271 g/mol. The lowest BCUT2D eigenvalue weighted by molar-refractivity contribution is -0.137. The molecular weight excluding hydrogens is 259 g/mol. The second kappa shape index (κ2) is 5.35. The summed E-state index contributed by atoms with van der Waals surface area (Å²) < 4.78 is 39.2. The van der Waals surface area contributed by atoms with Crippen molar-refractivity contribution in [3.63, 3.8) is 0 Å². The first-order valence-electron chi connectivity index (χ1n) is 5.67. The molecule has 2 aromatic rings. The summed E-state index contributed by atoms with van der Waals surface area (Å²) in [6, 6.07) is 4.87. The van der Waals surface area contributed by atoms with Gasteiger partial charge >= 0.3 is 6.18 Å². The van der Waals surface area contributed by atoms with E-state index in [1.54, 1.807) is 0 Å². The van der Waals surface area contributed by atoms with Gasteiger partial charge in [0.05, 0.1) is 11.3 Å². The van der Waals surface area contributed by atoms with Crippen LogP contribution in [0.25, 0.3) is 5.69 Å². The topological polar surface area (TPSA) is 69.6 Å². The van der Waals surface area contributed by atoms with Crippen molar-refractivity contribution in [1.82, 2.24) is 20.2 Å². The van der Waals surface area contributed by atoms with E-state index in [-0.39, 0.29) is 5.69 Å². The van der Waals surface area contributed by atoms with E-state index >= 15 is 0 Å². The molecule has 2 rings (SSSR count). The maximum atomic E-state index is 12.6. The highest BCUT2D eigenvalue weighted by Gasteiger charge is 2.30. The lowest BCUT2D eigenvalue weighted by Crippen LogP contribution is -2.09. The second-order valence-corrected chi connectivity index (χ2v) is 3.95. The smallest absolute Gasteiger partial charge is 0.330 e. The zero-order valence-corrected chi connectivity index (χ0v) is 9.93. The van der Waals surface area contributed by atoms with Crippen LogP contribution in [-0.4, -0.2) is 26.8 Å². The molecule has 102 valence electrons. The number of aromatic nitrogens is 4. The Hall–Kier alpha value is -1.96. The Morgan fingerprint density at radius 3 is 2.74 bits per heavy atom. The molecule has 0 spiro atoms. The molecule has 0 radical (unpaired) electrons. The van der Waals surface area contributed by atoms with Crippen LogP contribution in [0.3, 0.4) is 0 Å². The number of tetrazole rings is 1. The SMILES string of the molecule is NCCCc1nnnn1-c1cccc(C(F)(F)F)c1. The van der Waals surface area contributed by atoms with Crippen molar-refractivity contribution >= 4 is 0 Å². The summed E-state index contributed by atoms with van der Waals surface area (Å²) >= 11 is 0. The van der Waals surface area contributed by atoms with Gasteiger partial charge in [-0.15, -0.1) is 5.10 Å². The van der Waals surface area contributed by atoms with E-state index in [1.807, 2.05) is 0 Å². The number of nitrogens with two attached hydrogens (primary N) is 1. The predicted octanol–water partition coefficient (Wildman–Crippen LogP) is 1.57.